The van der Waals surface area contributed by atoms with Gasteiger partial charge in [-0.2, -0.15) is 5.06 Å². The SMILES string of the molecule is C[C@H](OC(=O)N(Cc1ccccc1)OCc1ccccc1)[C@@H]1[C@@H]([C@@H](C)OC(=O)OCc2ccccc2)C(=O)N1S(=O)(=O)[O-]. The summed E-state index contributed by atoms with van der Waals surface area (Å²) < 4.78 is 51.8. The van der Waals surface area contributed by atoms with Crippen molar-refractivity contribution in [1.82, 2.24) is 9.37 Å². The van der Waals surface area contributed by atoms with Gasteiger partial charge in [0.1, 0.15) is 31.3 Å². The first-order valence-electron chi connectivity index (χ1n) is 13.4. The molecule has 0 spiro atoms. The van der Waals surface area contributed by atoms with Crippen LogP contribution in [0.25, 0.3) is 0 Å². The van der Waals surface area contributed by atoms with Crippen LogP contribution in [0.2, 0.25) is 0 Å². The van der Waals surface area contributed by atoms with Gasteiger partial charge in [0.15, 0.2) is 10.3 Å². The zero-order chi connectivity index (χ0) is 31.0. The lowest BCUT2D eigenvalue weighted by molar-refractivity contribution is -0.174. The average molecular weight is 612 g/mol. The Balaban J connectivity index is 1.45. The van der Waals surface area contributed by atoms with Crippen LogP contribution in [-0.2, 0) is 53.9 Å². The van der Waals surface area contributed by atoms with Crippen LogP contribution in [0.5, 0.6) is 0 Å². The number of hydroxylamine groups is 2. The lowest BCUT2D eigenvalue weighted by Crippen LogP contribution is -2.70. The fourth-order valence-electron chi connectivity index (χ4n) is 4.63. The van der Waals surface area contributed by atoms with Gasteiger partial charge in [-0.3, -0.25) is 9.63 Å². The van der Waals surface area contributed by atoms with Crippen LogP contribution in [0.3, 0.4) is 0 Å². The number of nitrogens with zero attached hydrogens (tertiary/aromatic N) is 2. The summed E-state index contributed by atoms with van der Waals surface area (Å²) in [6.07, 6.45) is -4.61. The Morgan fingerprint density at radius 3 is 1.86 bits per heavy atom. The fourth-order valence-corrected chi connectivity index (χ4v) is 5.57. The zero-order valence-corrected chi connectivity index (χ0v) is 24.3. The molecule has 0 radical (unpaired) electrons. The number of ether oxygens (including phenoxy) is 3. The van der Waals surface area contributed by atoms with Gasteiger partial charge >= 0.3 is 12.2 Å². The van der Waals surface area contributed by atoms with Crippen LogP contribution < -0.4 is 0 Å². The van der Waals surface area contributed by atoms with Gasteiger partial charge in [0.2, 0.25) is 5.91 Å². The number of rotatable bonds is 12. The maximum absolute atomic E-state index is 13.3. The highest BCUT2D eigenvalue weighted by Crippen LogP contribution is 2.36. The predicted molar refractivity (Wildman–Crippen MR) is 150 cm³/mol. The van der Waals surface area contributed by atoms with E-state index in [-0.39, 0.29) is 24.1 Å². The minimum atomic E-state index is -5.28. The van der Waals surface area contributed by atoms with Crippen molar-refractivity contribution >= 4 is 28.5 Å². The number of carbonyl (C=O) groups excluding carboxylic acids is 3. The summed E-state index contributed by atoms with van der Waals surface area (Å²) in [5.41, 5.74) is 2.19. The molecule has 1 fully saturated rings. The van der Waals surface area contributed by atoms with Crippen LogP contribution in [-0.4, -0.2) is 58.7 Å². The van der Waals surface area contributed by atoms with Crippen molar-refractivity contribution < 1.29 is 46.4 Å². The van der Waals surface area contributed by atoms with E-state index in [2.05, 4.69) is 0 Å². The Labute approximate surface area is 249 Å². The molecular formula is C30H31N2O10S-. The van der Waals surface area contributed by atoms with Crippen molar-refractivity contribution in [3.63, 3.8) is 0 Å². The number of β-lactam (4-membered cyclic amide) rings is 1. The molecule has 3 aromatic carbocycles. The van der Waals surface area contributed by atoms with Crippen LogP contribution in [0.1, 0.15) is 30.5 Å². The van der Waals surface area contributed by atoms with Gasteiger partial charge in [0.25, 0.3) is 0 Å². The van der Waals surface area contributed by atoms with Gasteiger partial charge < -0.3 is 18.8 Å². The quantitative estimate of drug-likeness (QED) is 0.126. The number of amides is 2. The molecule has 1 saturated heterocycles. The van der Waals surface area contributed by atoms with E-state index in [4.69, 9.17) is 19.0 Å². The minimum absolute atomic E-state index is 0.0113. The molecule has 0 unspecified atom stereocenters. The second-order valence-electron chi connectivity index (χ2n) is 9.83. The van der Waals surface area contributed by atoms with E-state index < -0.39 is 52.6 Å². The summed E-state index contributed by atoms with van der Waals surface area (Å²) in [5, 5.41) is 0.964. The van der Waals surface area contributed by atoms with E-state index in [1.807, 2.05) is 36.4 Å². The van der Waals surface area contributed by atoms with E-state index in [0.29, 0.717) is 5.56 Å². The summed E-state index contributed by atoms with van der Waals surface area (Å²) in [7, 11) is -5.28. The summed E-state index contributed by atoms with van der Waals surface area (Å²) >= 11 is 0. The van der Waals surface area contributed by atoms with Gasteiger partial charge in [0.05, 0.1) is 12.6 Å². The maximum Gasteiger partial charge on any atom is 0.508 e. The number of carbonyl (C=O) groups is 3. The number of benzene rings is 3. The second kappa shape index (κ2) is 14.1. The summed E-state index contributed by atoms with van der Waals surface area (Å²) in [6.45, 7) is 2.61. The number of hydrogen-bond acceptors (Lipinski definition) is 10. The molecular weight excluding hydrogens is 580 g/mol. The van der Waals surface area contributed by atoms with Crippen molar-refractivity contribution in [3.8, 4) is 0 Å². The number of hydrogen-bond donors (Lipinski definition) is 0. The molecule has 0 N–H and O–H groups in total. The summed E-state index contributed by atoms with van der Waals surface area (Å²) in [6, 6.07) is 25.4. The molecule has 2 amide bonds. The molecule has 228 valence electrons. The molecule has 0 saturated carbocycles. The Hall–Kier alpha value is -4.46. The molecule has 0 aliphatic carbocycles. The van der Waals surface area contributed by atoms with Crippen molar-refractivity contribution in [3.05, 3.63) is 108 Å². The molecule has 1 aliphatic rings. The van der Waals surface area contributed by atoms with E-state index in [9.17, 15) is 27.4 Å². The molecule has 3 aromatic rings. The lowest BCUT2D eigenvalue weighted by atomic mass is 9.83. The third-order valence-electron chi connectivity index (χ3n) is 6.74. The molecule has 1 aliphatic heterocycles. The smallest absolute Gasteiger partial charge is 0.508 e. The monoisotopic (exact) mass is 611 g/mol. The largest absolute Gasteiger partial charge is 0.731 e. The first-order chi connectivity index (χ1) is 20.5. The van der Waals surface area contributed by atoms with E-state index >= 15 is 0 Å². The van der Waals surface area contributed by atoms with Gasteiger partial charge in [-0.25, -0.2) is 22.3 Å². The third kappa shape index (κ3) is 8.31. The lowest BCUT2D eigenvalue weighted by Gasteiger charge is -2.50. The zero-order valence-electron chi connectivity index (χ0n) is 23.5. The van der Waals surface area contributed by atoms with E-state index in [1.54, 1.807) is 54.6 Å². The highest BCUT2D eigenvalue weighted by Gasteiger charge is 2.57. The first-order valence-corrected chi connectivity index (χ1v) is 14.8. The minimum Gasteiger partial charge on any atom is -0.731 e. The summed E-state index contributed by atoms with van der Waals surface area (Å²) in [4.78, 5) is 44.1. The highest BCUT2D eigenvalue weighted by molar-refractivity contribution is 7.84. The standard InChI is InChI=1S/C30H32N2O10S/c1-21(42-30(35)39-19-24-14-8-4-9-15-24)26-27(32(28(26)33)43(36,37)38)22(2)41-29(34)31(18-23-12-6-3-7-13-23)40-20-25-16-10-5-11-17-25/h3-17,21-22,26-27H,18-20H2,1-2H3,(H,36,37,38)/p-1/t21-,22+,26-,27-/m1/s1. The van der Waals surface area contributed by atoms with Crippen LogP contribution >= 0.6 is 0 Å². The third-order valence-corrected chi connectivity index (χ3v) is 7.64. The molecule has 12 nitrogen and oxygen atoms in total. The molecule has 1 heterocycles. The second-order valence-corrected chi connectivity index (χ2v) is 11.1. The first kappa shape index (κ1) is 31.5. The molecule has 4 rings (SSSR count). The molecule has 13 heteroatoms. The van der Waals surface area contributed by atoms with Crippen LogP contribution in [0, 0.1) is 5.92 Å². The van der Waals surface area contributed by atoms with Gasteiger partial charge in [-0.05, 0) is 30.5 Å². The maximum atomic E-state index is 13.3. The van der Waals surface area contributed by atoms with Gasteiger partial charge in [0, 0.05) is 0 Å². The summed E-state index contributed by atoms with van der Waals surface area (Å²) in [5.74, 6) is -2.39. The van der Waals surface area contributed by atoms with Gasteiger partial charge in [-0.15, -0.1) is 0 Å². The van der Waals surface area contributed by atoms with Crippen molar-refractivity contribution in [1.29, 1.82) is 0 Å². The Bertz CT molecular complexity index is 1490. The van der Waals surface area contributed by atoms with Crippen molar-refractivity contribution in [2.24, 2.45) is 5.92 Å². The van der Waals surface area contributed by atoms with E-state index in [0.717, 1.165) is 16.2 Å². The van der Waals surface area contributed by atoms with E-state index in [1.165, 1.54) is 13.8 Å². The molecule has 0 bridgehead atoms. The molecule has 0 aromatic heterocycles. The Morgan fingerprint density at radius 1 is 0.814 bits per heavy atom. The Morgan fingerprint density at radius 2 is 1.33 bits per heavy atom. The molecule has 43 heavy (non-hydrogen) atoms. The Kier molecular flexibility index (Phi) is 10.3. The average Bonchev–Trinajstić information content (AvgIpc) is 2.97. The predicted octanol–water partition coefficient (Wildman–Crippen LogP) is 4.17. The fraction of sp³-hybridized carbons (Fsp3) is 0.300. The van der Waals surface area contributed by atoms with Crippen LogP contribution in [0.4, 0.5) is 9.59 Å². The van der Waals surface area contributed by atoms with Crippen molar-refractivity contribution in [2.45, 2.75) is 51.9 Å². The topological polar surface area (TPSA) is 152 Å². The van der Waals surface area contributed by atoms with Crippen molar-refractivity contribution in [2.75, 3.05) is 0 Å². The van der Waals surface area contributed by atoms with Gasteiger partial charge in [-0.1, -0.05) is 91.0 Å². The normalized spacial score (nSPS) is 17.7. The highest BCUT2D eigenvalue weighted by atomic mass is 32.2. The molecule has 4 atom stereocenters. The van der Waals surface area contributed by atoms with Crippen LogP contribution in [0.15, 0.2) is 91.0 Å².